The Labute approximate surface area is 112 Å². The number of nitrogens with one attached hydrogen (secondary N) is 1. The van der Waals surface area contributed by atoms with Gasteiger partial charge in [0.25, 0.3) is 0 Å². The Morgan fingerprint density at radius 2 is 2.16 bits per heavy atom. The lowest BCUT2D eigenvalue weighted by Gasteiger charge is -2.15. The second kappa shape index (κ2) is 7.51. The standard InChI is InChI=1S/C14H19FN2O2/c1-2-3-7-12(14(16)19)17-13(18)9-10-5-4-6-11(15)8-10/h4-6,8,12H,2-3,7,9H2,1H3,(H2,16,19)(H,17,18)/t12-/m0/s1. The largest absolute Gasteiger partial charge is 0.368 e. The van der Waals surface area contributed by atoms with Crippen LogP contribution in [0.25, 0.3) is 0 Å². The first-order valence-corrected chi connectivity index (χ1v) is 6.36. The highest BCUT2D eigenvalue weighted by atomic mass is 19.1. The fourth-order valence-electron chi connectivity index (χ4n) is 1.77. The first-order valence-electron chi connectivity index (χ1n) is 6.36. The van der Waals surface area contributed by atoms with Gasteiger partial charge in [-0.25, -0.2) is 4.39 Å². The third-order valence-electron chi connectivity index (χ3n) is 2.78. The number of hydrogen-bond donors (Lipinski definition) is 2. The van der Waals surface area contributed by atoms with Gasteiger partial charge < -0.3 is 11.1 Å². The van der Waals surface area contributed by atoms with Crippen molar-refractivity contribution in [3.05, 3.63) is 35.6 Å². The number of benzene rings is 1. The van der Waals surface area contributed by atoms with Gasteiger partial charge in [-0.1, -0.05) is 31.9 Å². The molecular formula is C14H19FN2O2. The summed E-state index contributed by atoms with van der Waals surface area (Å²) in [4.78, 5) is 23.0. The van der Waals surface area contributed by atoms with Crippen molar-refractivity contribution in [1.29, 1.82) is 0 Å². The van der Waals surface area contributed by atoms with Crippen LogP contribution in [0, 0.1) is 5.82 Å². The highest BCUT2D eigenvalue weighted by Gasteiger charge is 2.17. The average molecular weight is 266 g/mol. The molecule has 0 saturated carbocycles. The van der Waals surface area contributed by atoms with Gasteiger partial charge in [0.05, 0.1) is 6.42 Å². The Hall–Kier alpha value is -1.91. The summed E-state index contributed by atoms with van der Waals surface area (Å²) < 4.78 is 13.0. The van der Waals surface area contributed by atoms with Crippen LogP contribution >= 0.6 is 0 Å². The predicted molar refractivity (Wildman–Crippen MR) is 70.8 cm³/mol. The van der Waals surface area contributed by atoms with Crippen LogP contribution in [0.3, 0.4) is 0 Å². The first kappa shape index (κ1) is 15.1. The Balaban J connectivity index is 2.55. The van der Waals surface area contributed by atoms with Crippen molar-refractivity contribution in [2.75, 3.05) is 0 Å². The van der Waals surface area contributed by atoms with Crippen LogP contribution in [0.4, 0.5) is 4.39 Å². The molecule has 1 atom stereocenters. The second-order valence-electron chi connectivity index (χ2n) is 4.47. The fraction of sp³-hybridized carbons (Fsp3) is 0.429. The molecule has 5 heteroatoms. The zero-order valence-electron chi connectivity index (χ0n) is 11.0. The van der Waals surface area contributed by atoms with Gasteiger partial charge in [-0.3, -0.25) is 9.59 Å². The fourth-order valence-corrected chi connectivity index (χ4v) is 1.77. The summed E-state index contributed by atoms with van der Waals surface area (Å²) in [5.74, 6) is -1.26. The summed E-state index contributed by atoms with van der Waals surface area (Å²) in [6.45, 7) is 1.99. The molecule has 0 aliphatic carbocycles. The highest BCUT2D eigenvalue weighted by Crippen LogP contribution is 2.05. The summed E-state index contributed by atoms with van der Waals surface area (Å²) in [6, 6.07) is 5.16. The van der Waals surface area contributed by atoms with Crippen molar-refractivity contribution in [3.63, 3.8) is 0 Å². The van der Waals surface area contributed by atoms with Crippen molar-refractivity contribution in [1.82, 2.24) is 5.32 Å². The maximum absolute atomic E-state index is 13.0. The maximum Gasteiger partial charge on any atom is 0.239 e. The minimum Gasteiger partial charge on any atom is -0.368 e. The molecule has 0 unspecified atom stereocenters. The Morgan fingerprint density at radius 1 is 1.42 bits per heavy atom. The lowest BCUT2D eigenvalue weighted by Crippen LogP contribution is -2.44. The van der Waals surface area contributed by atoms with Crippen molar-refractivity contribution in [2.24, 2.45) is 5.73 Å². The van der Waals surface area contributed by atoms with E-state index in [1.54, 1.807) is 12.1 Å². The smallest absolute Gasteiger partial charge is 0.239 e. The van der Waals surface area contributed by atoms with Gasteiger partial charge >= 0.3 is 0 Å². The van der Waals surface area contributed by atoms with Crippen LogP contribution in [0.2, 0.25) is 0 Å². The van der Waals surface area contributed by atoms with Gasteiger partial charge in [-0.2, -0.15) is 0 Å². The molecule has 1 aromatic carbocycles. The molecule has 104 valence electrons. The molecule has 0 aliphatic rings. The normalized spacial score (nSPS) is 11.9. The molecule has 0 aliphatic heterocycles. The molecule has 1 rings (SSSR count). The number of rotatable bonds is 7. The Morgan fingerprint density at radius 3 is 2.74 bits per heavy atom. The van der Waals surface area contributed by atoms with Gasteiger partial charge in [0.15, 0.2) is 0 Å². The van der Waals surface area contributed by atoms with Crippen LogP contribution in [-0.4, -0.2) is 17.9 Å². The zero-order valence-corrected chi connectivity index (χ0v) is 11.0. The monoisotopic (exact) mass is 266 g/mol. The molecular weight excluding hydrogens is 247 g/mol. The lowest BCUT2D eigenvalue weighted by atomic mass is 10.1. The maximum atomic E-state index is 13.0. The summed E-state index contributed by atoms with van der Waals surface area (Å²) in [5, 5.41) is 2.58. The van der Waals surface area contributed by atoms with Crippen LogP contribution in [0.15, 0.2) is 24.3 Å². The highest BCUT2D eigenvalue weighted by molar-refractivity contribution is 5.87. The molecule has 0 saturated heterocycles. The number of carbonyl (C=O) groups is 2. The van der Waals surface area contributed by atoms with Crippen molar-refractivity contribution in [3.8, 4) is 0 Å². The van der Waals surface area contributed by atoms with Crippen LogP contribution in [-0.2, 0) is 16.0 Å². The Kier molecular flexibility index (Phi) is 5.99. The van der Waals surface area contributed by atoms with E-state index < -0.39 is 11.9 Å². The number of carbonyl (C=O) groups excluding carboxylic acids is 2. The molecule has 0 aromatic heterocycles. The molecule has 0 spiro atoms. The average Bonchev–Trinajstić information content (AvgIpc) is 2.34. The van der Waals surface area contributed by atoms with Crippen LogP contribution < -0.4 is 11.1 Å². The summed E-state index contributed by atoms with van der Waals surface area (Å²) >= 11 is 0. The van der Waals surface area contributed by atoms with E-state index in [0.29, 0.717) is 12.0 Å². The van der Waals surface area contributed by atoms with Gasteiger partial charge in [0.1, 0.15) is 11.9 Å². The minimum absolute atomic E-state index is 0.0354. The number of hydrogen-bond acceptors (Lipinski definition) is 2. The molecule has 0 fully saturated rings. The van der Waals surface area contributed by atoms with Gasteiger partial charge in [0.2, 0.25) is 11.8 Å². The van der Waals surface area contributed by atoms with Crippen LogP contribution in [0.1, 0.15) is 31.7 Å². The lowest BCUT2D eigenvalue weighted by molar-refractivity contribution is -0.127. The molecule has 1 aromatic rings. The number of halogens is 1. The van der Waals surface area contributed by atoms with E-state index in [4.69, 9.17) is 5.73 Å². The third kappa shape index (κ3) is 5.50. The van der Waals surface area contributed by atoms with E-state index in [-0.39, 0.29) is 18.1 Å². The van der Waals surface area contributed by atoms with Crippen LogP contribution in [0.5, 0.6) is 0 Å². The summed E-state index contributed by atoms with van der Waals surface area (Å²) in [7, 11) is 0. The van der Waals surface area contributed by atoms with E-state index in [2.05, 4.69) is 5.32 Å². The summed E-state index contributed by atoms with van der Waals surface area (Å²) in [5.41, 5.74) is 5.80. The number of unbranched alkanes of at least 4 members (excludes halogenated alkanes) is 1. The van der Waals surface area contributed by atoms with Crippen molar-refractivity contribution >= 4 is 11.8 Å². The number of amides is 2. The van der Waals surface area contributed by atoms with Crippen molar-refractivity contribution < 1.29 is 14.0 Å². The van der Waals surface area contributed by atoms with E-state index >= 15 is 0 Å². The second-order valence-corrected chi connectivity index (χ2v) is 4.47. The molecule has 0 radical (unpaired) electrons. The molecule has 3 N–H and O–H groups in total. The van der Waals surface area contributed by atoms with Gasteiger partial charge in [0, 0.05) is 0 Å². The quantitative estimate of drug-likeness (QED) is 0.785. The van der Waals surface area contributed by atoms with Gasteiger partial charge in [-0.15, -0.1) is 0 Å². The van der Waals surface area contributed by atoms with Gasteiger partial charge in [-0.05, 0) is 24.1 Å². The number of nitrogens with two attached hydrogens (primary N) is 1. The predicted octanol–water partition coefficient (Wildman–Crippen LogP) is 1.53. The molecule has 19 heavy (non-hydrogen) atoms. The first-order chi connectivity index (χ1) is 9.02. The SMILES string of the molecule is CCCC[C@H](NC(=O)Cc1cccc(F)c1)C(N)=O. The molecule has 2 amide bonds. The van der Waals surface area contributed by atoms with E-state index in [0.717, 1.165) is 12.8 Å². The molecule has 0 bridgehead atoms. The minimum atomic E-state index is -0.652. The topological polar surface area (TPSA) is 72.2 Å². The molecule has 0 heterocycles. The van der Waals surface area contributed by atoms with E-state index in [1.165, 1.54) is 12.1 Å². The summed E-state index contributed by atoms with van der Waals surface area (Å²) in [6.07, 6.45) is 2.30. The zero-order chi connectivity index (χ0) is 14.3. The number of primary amides is 1. The van der Waals surface area contributed by atoms with E-state index in [9.17, 15) is 14.0 Å². The van der Waals surface area contributed by atoms with E-state index in [1.807, 2.05) is 6.92 Å². The third-order valence-corrected chi connectivity index (χ3v) is 2.78. The van der Waals surface area contributed by atoms with Crippen molar-refractivity contribution in [2.45, 2.75) is 38.6 Å². The molecule has 4 nitrogen and oxygen atoms in total. The Bertz CT molecular complexity index is 449.